The van der Waals surface area contributed by atoms with E-state index in [1.165, 1.54) is 6.33 Å². The molecule has 10 nitrogen and oxygen atoms in total. The first-order chi connectivity index (χ1) is 19.1. The van der Waals surface area contributed by atoms with Gasteiger partial charge in [0.05, 0.1) is 17.9 Å². The maximum Gasteiger partial charge on any atom is 0.246 e. The van der Waals surface area contributed by atoms with Gasteiger partial charge in [0.2, 0.25) is 5.91 Å². The number of rotatable bonds is 10. The molecule has 1 aromatic heterocycles. The number of hydrogen-bond donors (Lipinski definition) is 4. The maximum absolute atomic E-state index is 12.7. The van der Waals surface area contributed by atoms with Gasteiger partial charge in [-0.3, -0.25) is 10.2 Å². The Hall–Kier alpha value is -4.28. The Kier molecular flexibility index (Phi) is 8.45. The Labute approximate surface area is 227 Å². The van der Waals surface area contributed by atoms with Gasteiger partial charge in [-0.2, -0.15) is 0 Å². The molecule has 0 radical (unpaired) electrons. The molecule has 0 saturated carbocycles. The van der Waals surface area contributed by atoms with Gasteiger partial charge in [0.1, 0.15) is 29.5 Å². The number of carbonyl (C=O) groups excluding carboxylic acids is 1. The van der Waals surface area contributed by atoms with Crippen LogP contribution in [0.4, 0.5) is 11.6 Å². The van der Waals surface area contributed by atoms with Crippen molar-refractivity contribution in [3.8, 4) is 11.5 Å². The predicted molar refractivity (Wildman–Crippen MR) is 150 cm³/mol. The highest BCUT2D eigenvalue weighted by atomic mass is 16.5. The molecule has 3 aromatic rings. The van der Waals surface area contributed by atoms with E-state index in [1.807, 2.05) is 65.6 Å². The van der Waals surface area contributed by atoms with E-state index in [1.54, 1.807) is 6.08 Å². The summed E-state index contributed by atoms with van der Waals surface area (Å²) in [6, 6.07) is 17.1. The monoisotopic (exact) mass is 527 g/mol. The fourth-order valence-electron chi connectivity index (χ4n) is 4.68. The van der Waals surface area contributed by atoms with E-state index >= 15 is 0 Å². The summed E-state index contributed by atoms with van der Waals surface area (Å²) in [5, 5.41) is 15.6. The predicted octanol–water partition coefficient (Wildman–Crippen LogP) is 3.21. The number of aromatic nitrogens is 2. The molecule has 10 heteroatoms. The lowest BCUT2D eigenvalue weighted by Gasteiger charge is -2.19. The molecule has 5 N–H and O–H groups in total. The van der Waals surface area contributed by atoms with E-state index in [2.05, 4.69) is 20.6 Å². The highest BCUT2D eigenvalue weighted by Crippen LogP contribution is 2.26. The third kappa shape index (κ3) is 6.78. The molecule has 202 valence electrons. The number of hydrogen-bond acceptors (Lipinski definition) is 9. The van der Waals surface area contributed by atoms with E-state index in [4.69, 9.17) is 20.6 Å². The molecule has 2 saturated heterocycles. The second kappa shape index (κ2) is 12.5. The lowest BCUT2D eigenvalue weighted by Crippen LogP contribution is -2.32. The summed E-state index contributed by atoms with van der Waals surface area (Å²) in [7, 11) is 0. The van der Waals surface area contributed by atoms with Gasteiger partial charge in [-0.05, 0) is 49.2 Å². The minimum absolute atomic E-state index is 0.0152. The van der Waals surface area contributed by atoms with Gasteiger partial charge >= 0.3 is 0 Å². The van der Waals surface area contributed by atoms with Crippen LogP contribution in [0.1, 0.15) is 24.0 Å². The molecule has 1 amide bonds. The maximum atomic E-state index is 12.7. The summed E-state index contributed by atoms with van der Waals surface area (Å²) in [6.07, 6.45) is 6.64. The Bertz CT molecular complexity index is 1310. The largest absolute Gasteiger partial charge is 0.457 e. The summed E-state index contributed by atoms with van der Waals surface area (Å²) in [6.45, 7) is 3.33. The second-order valence-electron chi connectivity index (χ2n) is 9.58. The van der Waals surface area contributed by atoms with Gasteiger partial charge in [0, 0.05) is 50.0 Å². The summed E-state index contributed by atoms with van der Waals surface area (Å²) < 4.78 is 11.2. The van der Waals surface area contributed by atoms with E-state index in [0.29, 0.717) is 48.4 Å². The summed E-state index contributed by atoms with van der Waals surface area (Å²) in [5.74, 6) is 2.09. The number of nitrogens with zero attached hydrogens (tertiary/aromatic N) is 3. The molecule has 39 heavy (non-hydrogen) atoms. The third-order valence-electron chi connectivity index (χ3n) is 6.80. The Morgan fingerprint density at radius 2 is 1.90 bits per heavy atom. The zero-order chi connectivity index (χ0) is 27.0. The number of anilines is 2. The lowest BCUT2D eigenvalue weighted by molar-refractivity contribution is -0.125. The number of nitrogens with one attached hydrogen (secondary N) is 3. The van der Waals surface area contributed by atoms with Crippen molar-refractivity contribution < 1.29 is 14.3 Å². The Balaban J connectivity index is 1.19. The van der Waals surface area contributed by atoms with Crippen LogP contribution in [-0.2, 0) is 9.53 Å². The second-order valence-corrected chi connectivity index (χ2v) is 9.58. The van der Waals surface area contributed by atoms with Crippen LogP contribution in [0.5, 0.6) is 11.5 Å². The minimum Gasteiger partial charge on any atom is -0.457 e. The quantitative estimate of drug-likeness (QED) is 0.233. The molecule has 0 aliphatic carbocycles. The van der Waals surface area contributed by atoms with Crippen molar-refractivity contribution >= 4 is 23.3 Å². The minimum atomic E-state index is -0.0169. The van der Waals surface area contributed by atoms with Crippen LogP contribution < -0.4 is 21.1 Å². The molecular formula is C29H33N7O3. The number of para-hydroxylation sites is 1. The van der Waals surface area contributed by atoms with Gasteiger partial charge < -0.3 is 30.7 Å². The van der Waals surface area contributed by atoms with Gasteiger partial charge in [-0.15, -0.1) is 0 Å². The number of nitrogen functional groups attached to an aromatic ring is 1. The van der Waals surface area contributed by atoms with Gasteiger partial charge in [0.25, 0.3) is 0 Å². The van der Waals surface area contributed by atoms with Crippen molar-refractivity contribution in [1.82, 2.24) is 20.2 Å². The van der Waals surface area contributed by atoms with Crippen molar-refractivity contribution in [2.24, 2.45) is 0 Å². The highest BCUT2D eigenvalue weighted by Gasteiger charge is 2.27. The van der Waals surface area contributed by atoms with E-state index in [-0.39, 0.29) is 23.5 Å². The smallest absolute Gasteiger partial charge is 0.246 e. The molecule has 0 spiro atoms. The molecule has 0 unspecified atom stereocenters. The zero-order valence-electron chi connectivity index (χ0n) is 21.7. The van der Waals surface area contributed by atoms with Crippen molar-refractivity contribution in [3.05, 3.63) is 84.2 Å². The van der Waals surface area contributed by atoms with E-state index in [0.717, 1.165) is 31.8 Å². The molecule has 0 bridgehead atoms. The molecule has 2 aromatic carbocycles. The van der Waals surface area contributed by atoms with Crippen LogP contribution in [0.3, 0.4) is 0 Å². The number of ether oxygens (including phenoxy) is 2. The number of carbonyl (C=O) groups is 1. The first-order valence-electron chi connectivity index (χ1n) is 13.1. The van der Waals surface area contributed by atoms with Gasteiger partial charge in [-0.1, -0.05) is 24.3 Å². The molecule has 2 fully saturated rings. The summed E-state index contributed by atoms with van der Waals surface area (Å²) in [4.78, 5) is 23.0. The topological polar surface area (TPSA) is 138 Å². The van der Waals surface area contributed by atoms with Crippen LogP contribution in [0, 0.1) is 5.41 Å². The Morgan fingerprint density at radius 1 is 1.10 bits per heavy atom. The highest BCUT2D eigenvalue weighted by molar-refractivity contribution is 6.16. The van der Waals surface area contributed by atoms with Crippen LogP contribution in [0.2, 0.25) is 0 Å². The molecule has 2 aliphatic rings. The fraction of sp³-hybridized carbons (Fsp3) is 0.310. The summed E-state index contributed by atoms with van der Waals surface area (Å²) in [5.41, 5.74) is 7.50. The molecule has 2 aliphatic heterocycles. The van der Waals surface area contributed by atoms with Crippen molar-refractivity contribution in [2.45, 2.75) is 24.9 Å². The van der Waals surface area contributed by atoms with Crippen molar-refractivity contribution in [3.63, 3.8) is 0 Å². The van der Waals surface area contributed by atoms with E-state index in [9.17, 15) is 4.79 Å². The SMILES string of the molecule is N=C(c1ccc(Oc2ccccc2)cc1)c1c(N)ncnc1N[C@@H]1CCN(C(=O)/C=C/CN[C@H]2CCOC2)C1. The van der Waals surface area contributed by atoms with Crippen molar-refractivity contribution in [1.29, 1.82) is 5.41 Å². The van der Waals surface area contributed by atoms with Crippen LogP contribution in [0.25, 0.3) is 0 Å². The van der Waals surface area contributed by atoms with Gasteiger partial charge in [-0.25, -0.2) is 9.97 Å². The summed E-state index contributed by atoms with van der Waals surface area (Å²) >= 11 is 0. The molecular weight excluding hydrogens is 494 g/mol. The first kappa shape index (κ1) is 26.3. The average molecular weight is 528 g/mol. The number of benzene rings is 2. The molecule has 2 atom stereocenters. The number of nitrogens with two attached hydrogens (primary N) is 1. The van der Waals surface area contributed by atoms with Crippen LogP contribution >= 0.6 is 0 Å². The number of amides is 1. The average Bonchev–Trinajstić information content (AvgIpc) is 3.65. The van der Waals surface area contributed by atoms with Crippen LogP contribution in [-0.4, -0.2) is 71.4 Å². The molecule has 5 rings (SSSR count). The lowest BCUT2D eigenvalue weighted by atomic mass is 10.0. The molecule has 3 heterocycles. The normalized spacial score (nSPS) is 18.9. The van der Waals surface area contributed by atoms with Gasteiger partial charge in [0.15, 0.2) is 0 Å². The standard InChI is InChI=1S/C29H33N7O3/c30-27(20-8-10-24(11-9-20)39-23-5-2-1-3-6-23)26-28(31)33-19-34-29(26)35-21-12-15-36(17-21)25(37)7-4-14-32-22-13-16-38-18-22/h1-11,19,21-22,30,32H,12-18H2,(H3,31,33,34,35)/b7-4+,30-27?/t21-,22+/m1/s1. The Morgan fingerprint density at radius 3 is 2.67 bits per heavy atom. The van der Waals surface area contributed by atoms with Crippen molar-refractivity contribution in [2.75, 3.05) is 43.9 Å². The number of likely N-dealkylation sites (tertiary alicyclic amines) is 1. The first-order valence-corrected chi connectivity index (χ1v) is 13.1. The van der Waals surface area contributed by atoms with E-state index < -0.39 is 0 Å². The van der Waals surface area contributed by atoms with Crippen LogP contribution in [0.15, 0.2) is 73.1 Å². The zero-order valence-corrected chi connectivity index (χ0v) is 21.7. The third-order valence-corrected chi connectivity index (χ3v) is 6.80. The fourth-order valence-corrected chi connectivity index (χ4v) is 4.68.